The third kappa shape index (κ3) is 4.62. The summed E-state index contributed by atoms with van der Waals surface area (Å²) in [7, 11) is 1.84. The van der Waals surface area contributed by atoms with Crippen LogP contribution in [0.25, 0.3) is 0 Å². The van der Waals surface area contributed by atoms with E-state index in [-0.39, 0.29) is 5.75 Å². The Bertz CT molecular complexity index is 266. The van der Waals surface area contributed by atoms with E-state index in [0.717, 1.165) is 25.6 Å². The maximum absolute atomic E-state index is 10.7. The van der Waals surface area contributed by atoms with Gasteiger partial charge >= 0.3 is 0 Å². The van der Waals surface area contributed by atoms with Gasteiger partial charge in [-0.15, -0.1) is 0 Å². The zero-order valence-corrected chi connectivity index (χ0v) is 10.1. The lowest BCUT2D eigenvalue weighted by atomic mass is 10.1. The molecular weight excluding hydrogens is 222 g/mol. The maximum Gasteiger partial charge on any atom is 0.232 e. The Balaban J connectivity index is 2.15. The fraction of sp³-hybridized carbons (Fsp3) is 1.00. The Kier molecular flexibility index (Phi) is 4.67. The molecule has 1 fully saturated rings. The van der Waals surface area contributed by atoms with Gasteiger partial charge in [0.05, 0.1) is 5.75 Å². The van der Waals surface area contributed by atoms with E-state index in [4.69, 9.17) is 10.7 Å². The van der Waals surface area contributed by atoms with Gasteiger partial charge < -0.3 is 4.90 Å². The number of nitrogens with zero attached hydrogens (tertiary/aromatic N) is 1. The number of likely N-dealkylation sites (tertiary alicyclic amines) is 1. The van der Waals surface area contributed by atoms with E-state index in [1.165, 1.54) is 12.8 Å². The zero-order chi connectivity index (χ0) is 10.6. The molecule has 1 aliphatic rings. The van der Waals surface area contributed by atoms with Gasteiger partial charge in [-0.25, -0.2) is 8.42 Å². The van der Waals surface area contributed by atoms with Crippen molar-refractivity contribution >= 4 is 19.7 Å². The SMILES string of the molecule is CCC1CCN(CCCS(=O)(=O)Cl)C1. The average Bonchev–Trinajstić information content (AvgIpc) is 2.50. The monoisotopic (exact) mass is 239 g/mol. The third-order valence-electron chi connectivity index (χ3n) is 2.81. The van der Waals surface area contributed by atoms with Crippen LogP contribution in [0.3, 0.4) is 0 Å². The van der Waals surface area contributed by atoms with Gasteiger partial charge in [-0.2, -0.15) is 0 Å². The Morgan fingerprint density at radius 2 is 2.21 bits per heavy atom. The summed E-state index contributed by atoms with van der Waals surface area (Å²) >= 11 is 0. The van der Waals surface area contributed by atoms with Gasteiger partial charge in [0.1, 0.15) is 0 Å². The predicted octanol–water partition coefficient (Wildman–Crippen LogP) is 1.68. The normalized spacial score (nSPS) is 24.3. The molecule has 1 rings (SSSR count). The van der Waals surface area contributed by atoms with Crippen LogP contribution in [-0.4, -0.2) is 38.7 Å². The third-order valence-corrected chi connectivity index (χ3v) is 4.05. The topological polar surface area (TPSA) is 37.4 Å². The van der Waals surface area contributed by atoms with Crippen LogP contribution in [0.4, 0.5) is 0 Å². The summed E-state index contributed by atoms with van der Waals surface area (Å²) in [5.74, 6) is 0.907. The molecule has 0 aromatic heterocycles. The zero-order valence-electron chi connectivity index (χ0n) is 8.58. The van der Waals surface area contributed by atoms with Gasteiger partial charge in [0.25, 0.3) is 0 Å². The van der Waals surface area contributed by atoms with Crippen LogP contribution in [0.2, 0.25) is 0 Å². The van der Waals surface area contributed by atoms with Crippen LogP contribution in [0.15, 0.2) is 0 Å². The molecule has 1 heterocycles. The Morgan fingerprint density at radius 3 is 2.71 bits per heavy atom. The predicted molar refractivity (Wildman–Crippen MR) is 59.1 cm³/mol. The van der Waals surface area contributed by atoms with E-state index >= 15 is 0 Å². The smallest absolute Gasteiger partial charge is 0.232 e. The molecule has 1 aliphatic heterocycles. The van der Waals surface area contributed by atoms with E-state index in [1.807, 2.05) is 0 Å². The van der Waals surface area contributed by atoms with E-state index in [2.05, 4.69) is 11.8 Å². The largest absolute Gasteiger partial charge is 0.303 e. The molecule has 0 saturated carbocycles. The minimum Gasteiger partial charge on any atom is -0.303 e. The van der Waals surface area contributed by atoms with Crippen LogP contribution in [0, 0.1) is 5.92 Å². The lowest BCUT2D eigenvalue weighted by Gasteiger charge is -2.14. The van der Waals surface area contributed by atoms with Crippen molar-refractivity contribution in [3.05, 3.63) is 0 Å². The summed E-state index contributed by atoms with van der Waals surface area (Å²) in [5, 5.41) is 0. The summed E-state index contributed by atoms with van der Waals surface area (Å²) in [6.45, 7) is 5.31. The second-order valence-corrected chi connectivity index (χ2v) is 6.86. The molecule has 0 aromatic carbocycles. The molecule has 0 radical (unpaired) electrons. The molecule has 0 aliphatic carbocycles. The van der Waals surface area contributed by atoms with Crippen molar-refractivity contribution in [3.63, 3.8) is 0 Å². The minimum atomic E-state index is -3.29. The molecule has 1 unspecified atom stereocenters. The fourth-order valence-corrected chi connectivity index (χ4v) is 2.71. The van der Waals surface area contributed by atoms with Gasteiger partial charge in [-0.1, -0.05) is 13.3 Å². The van der Waals surface area contributed by atoms with Crippen molar-refractivity contribution < 1.29 is 8.42 Å². The molecule has 0 N–H and O–H groups in total. The van der Waals surface area contributed by atoms with Crippen LogP contribution >= 0.6 is 10.7 Å². The van der Waals surface area contributed by atoms with E-state index in [1.54, 1.807) is 0 Å². The Morgan fingerprint density at radius 1 is 1.50 bits per heavy atom. The van der Waals surface area contributed by atoms with E-state index in [0.29, 0.717) is 6.42 Å². The molecule has 1 saturated heterocycles. The first-order chi connectivity index (χ1) is 6.51. The van der Waals surface area contributed by atoms with Crippen LogP contribution < -0.4 is 0 Å². The molecule has 5 heteroatoms. The summed E-state index contributed by atoms with van der Waals surface area (Å²) in [6, 6.07) is 0. The summed E-state index contributed by atoms with van der Waals surface area (Å²) < 4.78 is 21.3. The summed E-state index contributed by atoms with van der Waals surface area (Å²) in [6.07, 6.45) is 3.14. The average molecular weight is 240 g/mol. The maximum atomic E-state index is 10.7. The highest BCUT2D eigenvalue weighted by atomic mass is 35.7. The number of rotatable bonds is 5. The molecule has 0 bridgehead atoms. The number of hydrogen-bond donors (Lipinski definition) is 0. The van der Waals surface area contributed by atoms with Crippen molar-refractivity contribution in [3.8, 4) is 0 Å². The number of hydrogen-bond acceptors (Lipinski definition) is 3. The molecule has 0 aromatic rings. The van der Waals surface area contributed by atoms with Crippen molar-refractivity contribution in [1.29, 1.82) is 0 Å². The molecule has 84 valence electrons. The van der Waals surface area contributed by atoms with Crippen LogP contribution in [-0.2, 0) is 9.05 Å². The first-order valence-electron chi connectivity index (χ1n) is 5.16. The van der Waals surface area contributed by atoms with Crippen molar-refractivity contribution in [1.82, 2.24) is 4.90 Å². The second kappa shape index (κ2) is 5.33. The van der Waals surface area contributed by atoms with Gasteiger partial charge in [0.2, 0.25) is 9.05 Å². The first kappa shape index (κ1) is 12.3. The highest BCUT2D eigenvalue weighted by Gasteiger charge is 2.20. The molecule has 0 spiro atoms. The van der Waals surface area contributed by atoms with Crippen LogP contribution in [0.1, 0.15) is 26.2 Å². The quantitative estimate of drug-likeness (QED) is 0.685. The highest BCUT2D eigenvalue weighted by molar-refractivity contribution is 8.13. The van der Waals surface area contributed by atoms with Crippen molar-refractivity contribution in [2.45, 2.75) is 26.2 Å². The molecule has 14 heavy (non-hydrogen) atoms. The molecule has 0 amide bonds. The highest BCUT2D eigenvalue weighted by Crippen LogP contribution is 2.19. The lowest BCUT2D eigenvalue weighted by molar-refractivity contribution is 0.324. The van der Waals surface area contributed by atoms with Crippen molar-refractivity contribution in [2.75, 3.05) is 25.4 Å². The van der Waals surface area contributed by atoms with E-state index in [9.17, 15) is 8.42 Å². The summed E-state index contributed by atoms with van der Waals surface area (Å²) in [5.41, 5.74) is 0. The Hall–Kier alpha value is 0.200. The first-order valence-corrected chi connectivity index (χ1v) is 7.64. The van der Waals surface area contributed by atoms with E-state index < -0.39 is 9.05 Å². The molecule has 3 nitrogen and oxygen atoms in total. The standard InChI is InChI=1S/C9H18ClNO2S/c1-2-9-4-6-11(8-9)5-3-7-14(10,12)13/h9H,2-8H2,1H3. The van der Waals surface area contributed by atoms with Gasteiger partial charge in [0, 0.05) is 17.2 Å². The fourth-order valence-electron chi connectivity index (χ4n) is 1.91. The van der Waals surface area contributed by atoms with Gasteiger partial charge in [0.15, 0.2) is 0 Å². The van der Waals surface area contributed by atoms with Crippen molar-refractivity contribution in [2.24, 2.45) is 5.92 Å². The van der Waals surface area contributed by atoms with Gasteiger partial charge in [-0.3, -0.25) is 0 Å². The molecule has 1 atom stereocenters. The molecular formula is C9H18ClNO2S. The Labute approximate surface area is 90.8 Å². The second-order valence-electron chi connectivity index (χ2n) is 3.96. The summed E-state index contributed by atoms with van der Waals surface area (Å²) in [4.78, 5) is 2.33. The van der Waals surface area contributed by atoms with Crippen LogP contribution in [0.5, 0.6) is 0 Å². The minimum absolute atomic E-state index is 0.0991. The lowest BCUT2D eigenvalue weighted by Crippen LogP contribution is -2.23. The number of halogens is 1. The van der Waals surface area contributed by atoms with Gasteiger partial charge in [-0.05, 0) is 31.8 Å².